The van der Waals surface area contributed by atoms with Crippen LogP contribution in [0.15, 0.2) is 39.9 Å². The molecule has 0 radical (unpaired) electrons. The van der Waals surface area contributed by atoms with Crippen molar-refractivity contribution in [1.29, 1.82) is 0 Å². The molecule has 0 saturated heterocycles. The number of hydrogen-bond acceptors (Lipinski definition) is 6. The van der Waals surface area contributed by atoms with E-state index in [0.29, 0.717) is 28.7 Å². The minimum absolute atomic E-state index is 0.0433. The highest BCUT2D eigenvalue weighted by Crippen LogP contribution is 2.38. The molecule has 1 fully saturated rings. The zero-order chi connectivity index (χ0) is 21.5. The van der Waals surface area contributed by atoms with E-state index in [4.69, 9.17) is 4.52 Å². The normalized spacial score (nSPS) is 14.9. The van der Waals surface area contributed by atoms with Gasteiger partial charge in [0.2, 0.25) is 11.8 Å². The summed E-state index contributed by atoms with van der Waals surface area (Å²) in [5.74, 6) is 1.31. The van der Waals surface area contributed by atoms with Gasteiger partial charge in [0.15, 0.2) is 5.82 Å². The van der Waals surface area contributed by atoms with Gasteiger partial charge in [0.25, 0.3) is 5.56 Å². The smallest absolute Gasteiger partial charge is 0.278 e. The van der Waals surface area contributed by atoms with Crippen molar-refractivity contribution in [1.82, 2.24) is 29.6 Å². The highest BCUT2D eigenvalue weighted by molar-refractivity contribution is 6.06. The second-order valence-electron chi connectivity index (χ2n) is 8.18. The molecule has 0 bridgehead atoms. The molecule has 1 N–H and O–H groups in total. The van der Waals surface area contributed by atoms with E-state index in [-0.39, 0.29) is 30.6 Å². The third-order valence-corrected chi connectivity index (χ3v) is 5.79. The molecule has 1 atom stereocenters. The van der Waals surface area contributed by atoms with Gasteiger partial charge in [0, 0.05) is 17.3 Å². The van der Waals surface area contributed by atoms with Gasteiger partial charge in [-0.25, -0.2) is 4.98 Å². The van der Waals surface area contributed by atoms with Crippen LogP contribution in [0.1, 0.15) is 50.7 Å². The summed E-state index contributed by atoms with van der Waals surface area (Å²) in [6, 6.07) is 7.67. The van der Waals surface area contributed by atoms with Crippen molar-refractivity contribution in [2.75, 3.05) is 0 Å². The molecule has 1 saturated carbocycles. The van der Waals surface area contributed by atoms with Gasteiger partial charge in [-0.1, -0.05) is 30.3 Å². The summed E-state index contributed by atoms with van der Waals surface area (Å²) in [6.07, 6.45) is 4.48. The highest BCUT2D eigenvalue weighted by Gasteiger charge is 2.29. The average molecular weight is 420 g/mol. The first-order valence-corrected chi connectivity index (χ1v) is 10.6. The van der Waals surface area contributed by atoms with Gasteiger partial charge in [-0.05, 0) is 32.3 Å². The monoisotopic (exact) mass is 420 g/mol. The molecule has 1 aromatic carbocycles. The number of hydrogen-bond donors (Lipinski definition) is 1. The number of aromatic nitrogens is 5. The van der Waals surface area contributed by atoms with E-state index >= 15 is 0 Å². The lowest BCUT2D eigenvalue weighted by atomic mass is 10.2. The fourth-order valence-electron chi connectivity index (χ4n) is 3.78. The Morgan fingerprint density at radius 3 is 2.90 bits per heavy atom. The number of carbonyl (C=O) groups is 1. The molecule has 9 nitrogen and oxygen atoms in total. The summed E-state index contributed by atoms with van der Waals surface area (Å²) in [6.45, 7) is 4.16. The molecule has 160 valence electrons. The quantitative estimate of drug-likeness (QED) is 0.492. The third kappa shape index (κ3) is 3.60. The van der Waals surface area contributed by atoms with Crippen LogP contribution in [-0.4, -0.2) is 36.2 Å². The van der Waals surface area contributed by atoms with E-state index in [9.17, 15) is 9.59 Å². The molecule has 1 aliphatic rings. The number of benzene rings is 1. The maximum Gasteiger partial charge on any atom is 0.278 e. The lowest BCUT2D eigenvalue weighted by Crippen LogP contribution is -2.35. The molecule has 3 heterocycles. The zero-order valence-electron chi connectivity index (χ0n) is 17.5. The van der Waals surface area contributed by atoms with Crippen LogP contribution in [0, 0.1) is 0 Å². The predicted molar refractivity (Wildman–Crippen MR) is 115 cm³/mol. The Morgan fingerprint density at radius 2 is 2.13 bits per heavy atom. The number of para-hydroxylation sites is 1. The van der Waals surface area contributed by atoms with E-state index in [1.54, 1.807) is 4.57 Å². The third-order valence-electron chi connectivity index (χ3n) is 5.79. The van der Waals surface area contributed by atoms with Crippen LogP contribution in [0.4, 0.5) is 0 Å². The van der Waals surface area contributed by atoms with Gasteiger partial charge in [-0.3, -0.25) is 14.2 Å². The fourth-order valence-corrected chi connectivity index (χ4v) is 3.78. The predicted octanol–water partition coefficient (Wildman–Crippen LogP) is 2.57. The minimum atomic E-state index is -0.247. The first-order valence-electron chi connectivity index (χ1n) is 10.6. The van der Waals surface area contributed by atoms with Crippen molar-refractivity contribution in [2.24, 2.45) is 0 Å². The van der Waals surface area contributed by atoms with Crippen LogP contribution in [0.5, 0.6) is 0 Å². The SMILES string of the molecule is CC[C@@H](C)NC(=O)Cn1c2ccccc2c2ncn(Cc3nc(C4CC4)no3)c(=O)c21. The second-order valence-corrected chi connectivity index (χ2v) is 8.18. The topological polar surface area (TPSA) is 108 Å². The van der Waals surface area contributed by atoms with Crippen molar-refractivity contribution in [3.63, 3.8) is 0 Å². The molecule has 5 rings (SSSR count). The Morgan fingerprint density at radius 1 is 1.32 bits per heavy atom. The number of nitrogens with zero attached hydrogens (tertiary/aromatic N) is 5. The molecule has 4 aromatic rings. The van der Waals surface area contributed by atoms with Crippen LogP contribution in [0.3, 0.4) is 0 Å². The Balaban J connectivity index is 1.57. The maximum atomic E-state index is 13.4. The van der Waals surface area contributed by atoms with Gasteiger partial charge in [0.05, 0.1) is 11.8 Å². The summed E-state index contributed by atoms with van der Waals surface area (Å²) in [5.41, 5.74) is 1.53. The van der Waals surface area contributed by atoms with Gasteiger partial charge in [-0.2, -0.15) is 4.98 Å². The first-order chi connectivity index (χ1) is 15.0. The van der Waals surface area contributed by atoms with Crippen LogP contribution < -0.4 is 10.9 Å². The molecule has 1 amide bonds. The van der Waals surface area contributed by atoms with Crippen molar-refractivity contribution in [3.05, 3.63) is 52.7 Å². The maximum absolute atomic E-state index is 13.4. The zero-order valence-corrected chi connectivity index (χ0v) is 17.5. The fraction of sp³-hybridized carbons (Fsp3) is 0.409. The summed E-state index contributed by atoms with van der Waals surface area (Å²) in [5, 5.41) is 7.82. The molecular formula is C22H24N6O3. The lowest BCUT2D eigenvalue weighted by molar-refractivity contribution is -0.122. The summed E-state index contributed by atoms with van der Waals surface area (Å²) >= 11 is 0. The lowest BCUT2D eigenvalue weighted by Gasteiger charge is -2.13. The Bertz CT molecular complexity index is 1330. The summed E-state index contributed by atoms with van der Waals surface area (Å²) < 4.78 is 8.53. The molecule has 9 heteroatoms. The van der Waals surface area contributed by atoms with Gasteiger partial charge >= 0.3 is 0 Å². The molecule has 3 aromatic heterocycles. The minimum Gasteiger partial charge on any atom is -0.352 e. The summed E-state index contributed by atoms with van der Waals surface area (Å²) in [4.78, 5) is 35.0. The molecule has 31 heavy (non-hydrogen) atoms. The van der Waals surface area contributed by atoms with Crippen molar-refractivity contribution >= 4 is 27.8 Å². The number of rotatable bonds is 7. The Hall–Kier alpha value is -3.49. The standard InChI is InChI=1S/C22H24N6O3/c1-3-13(2)24-17(29)10-28-16-7-5-4-6-15(16)19-20(28)22(30)27(12-23-19)11-18-25-21(26-31-18)14-8-9-14/h4-7,12-14H,3,8-11H2,1-2H3,(H,24,29)/t13-/m1/s1. The van der Waals surface area contributed by atoms with Crippen molar-refractivity contribution < 1.29 is 9.32 Å². The highest BCUT2D eigenvalue weighted by atomic mass is 16.5. The van der Waals surface area contributed by atoms with Crippen LogP contribution in [-0.2, 0) is 17.9 Å². The number of nitrogens with one attached hydrogen (secondary N) is 1. The van der Waals surface area contributed by atoms with Gasteiger partial charge in [-0.15, -0.1) is 0 Å². The second kappa shape index (κ2) is 7.64. The van der Waals surface area contributed by atoms with E-state index in [1.807, 2.05) is 38.1 Å². The first kappa shape index (κ1) is 19.5. The van der Waals surface area contributed by atoms with E-state index in [0.717, 1.165) is 30.2 Å². The van der Waals surface area contributed by atoms with Gasteiger partial charge in [0.1, 0.15) is 24.1 Å². The number of carbonyl (C=O) groups excluding carboxylic acids is 1. The van der Waals surface area contributed by atoms with Crippen LogP contribution in [0.2, 0.25) is 0 Å². The van der Waals surface area contributed by atoms with Gasteiger partial charge < -0.3 is 14.4 Å². The largest absolute Gasteiger partial charge is 0.352 e. The molecular weight excluding hydrogens is 396 g/mol. The van der Waals surface area contributed by atoms with Crippen molar-refractivity contribution in [2.45, 2.75) is 58.2 Å². The molecule has 0 aliphatic heterocycles. The molecule has 0 unspecified atom stereocenters. The Labute approximate surface area is 178 Å². The van der Waals surface area contributed by atoms with Crippen molar-refractivity contribution in [3.8, 4) is 0 Å². The van der Waals surface area contributed by atoms with E-state index in [1.165, 1.54) is 10.9 Å². The molecule has 0 spiro atoms. The van der Waals surface area contributed by atoms with E-state index < -0.39 is 0 Å². The van der Waals surface area contributed by atoms with Crippen LogP contribution in [0.25, 0.3) is 21.9 Å². The average Bonchev–Trinajstić information content (AvgIpc) is 3.44. The Kier molecular flexibility index (Phi) is 4.80. The number of fused-ring (bicyclic) bond motifs is 3. The van der Waals surface area contributed by atoms with Crippen LogP contribution >= 0.6 is 0 Å². The van der Waals surface area contributed by atoms with E-state index in [2.05, 4.69) is 20.4 Å². The number of amides is 1. The summed E-state index contributed by atoms with van der Waals surface area (Å²) in [7, 11) is 0. The molecule has 1 aliphatic carbocycles.